The van der Waals surface area contributed by atoms with Gasteiger partial charge in [0.25, 0.3) is 5.91 Å². The van der Waals surface area contributed by atoms with Crippen molar-refractivity contribution in [3.63, 3.8) is 0 Å². The summed E-state index contributed by atoms with van der Waals surface area (Å²) in [7, 11) is 0. The number of nitrogens with one attached hydrogen (secondary N) is 1. The van der Waals surface area contributed by atoms with Crippen LogP contribution in [0.15, 0.2) is 24.3 Å². The summed E-state index contributed by atoms with van der Waals surface area (Å²) in [5.74, 6) is -12.3. The summed E-state index contributed by atoms with van der Waals surface area (Å²) in [5.41, 5.74) is -0.532. The van der Waals surface area contributed by atoms with Gasteiger partial charge in [-0.3, -0.25) is 4.79 Å². The third-order valence-electron chi connectivity index (χ3n) is 5.03. The van der Waals surface area contributed by atoms with Gasteiger partial charge in [0.05, 0.1) is 5.56 Å². The summed E-state index contributed by atoms with van der Waals surface area (Å²) in [6.07, 6.45) is 2.40. The van der Waals surface area contributed by atoms with E-state index in [0.717, 1.165) is 31.0 Å². The standard InChI is InChI=1S/C21H15F5N2O3/c22-13-6-5-11(7-12(13)9-27)20(29)28-18(10-3-1-2-4-10)21(30)31-19-16(25)14(23)8-15(24)17(19)26/h5-8,10,18H,1-4H2,(H,28,29). The first kappa shape index (κ1) is 22.2. The molecule has 0 aromatic heterocycles. The lowest BCUT2D eigenvalue weighted by molar-refractivity contribution is -0.138. The van der Waals surface area contributed by atoms with Gasteiger partial charge >= 0.3 is 5.97 Å². The summed E-state index contributed by atoms with van der Waals surface area (Å²) >= 11 is 0. The average Bonchev–Trinajstić information content (AvgIpc) is 3.28. The Bertz CT molecular complexity index is 1050. The van der Waals surface area contributed by atoms with Crippen molar-refractivity contribution < 1.29 is 36.3 Å². The maximum absolute atomic E-state index is 13.9. The fraction of sp³-hybridized carbons (Fsp3) is 0.286. The highest BCUT2D eigenvalue weighted by molar-refractivity contribution is 5.97. The number of carbonyl (C=O) groups is 2. The van der Waals surface area contributed by atoms with Crippen LogP contribution >= 0.6 is 0 Å². The third-order valence-corrected chi connectivity index (χ3v) is 5.03. The molecule has 1 amide bonds. The van der Waals surface area contributed by atoms with E-state index in [0.29, 0.717) is 12.8 Å². The van der Waals surface area contributed by atoms with E-state index >= 15 is 0 Å². The predicted octanol–water partition coefficient (Wildman–Crippen LogP) is 4.15. The van der Waals surface area contributed by atoms with Crippen molar-refractivity contribution in [1.82, 2.24) is 5.32 Å². The zero-order valence-corrected chi connectivity index (χ0v) is 15.9. The second kappa shape index (κ2) is 9.12. The van der Waals surface area contributed by atoms with Crippen LogP contribution in [0.1, 0.15) is 41.6 Å². The molecule has 0 saturated heterocycles. The van der Waals surface area contributed by atoms with E-state index in [4.69, 9.17) is 5.26 Å². The lowest BCUT2D eigenvalue weighted by Gasteiger charge is -2.23. The second-order valence-corrected chi connectivity index (χ2v) is 7.02. The number of hydrogen-bond donors (Lipinski definition) is 1. The summed E-state index contributed by atoms with van der Waals surface area (Å²) in [4.78, 5) is 25.2. The van der Waals surface area contributed by atoms with Gasteiger partial charge < -0.3 is 10.1 Å². The zero-order valence-electron chi connectivity index (χ0n) is 15.9. The lowest BCUT2D eigenvalue weighted by atomic mass is 9.97. The van der Waals surface area contributed by atoms with E-state index in [1.807, 2.05) is 0 Å². The van der Waals surface area contributed by atoms with Gasteiger partial charge in [-0.05, 0) is 37.0 Å². The molecular weight excluding hydrogens is 423 g/mol. The van der Waals surface area contributed by atoms with Crippen molar-refractivity contribution in [3.8, 4) is 11.8 Å². The average molecular weight is 438 g/mol. The molecule has 162 valence electrons. The Morgan fingerprint density at radius 3 is 2.19 bits per heavy atom. The molecule has 1 N–H and O–H groups in total. The molecule has 5 nitrogen and oxygen atoms in total. The number of nitrogens with zero attached hydrogens (tertiary/aromatic N) is 1. The van der Waals surface area contributed by atoms with E-state index < -0.39 is 64.2 Å². The normalized spacial score (nSPS) is 14.7. The first-order valence-corrected chi connectivity index (χ1v) is 9.28. The highest BCUT2D eigenvalue weighted by atomic mass is 19.2. The monoisotopic (exact) mass is 438 g/mol. The number of amides is 1. The van der Waals surface area contributed by atoms with Crippen molar-refractivity contribution in [2.45, 2.75) is 31.7 Å². The molecule has 0 bridgehead atoms. The number of ether oxygens (including phenoxy) is 1. The molecule has 0 radical (unpaired) electrons. The van der Waals surface area contributed by atoms with Gasteiger partial charge in [-0.1, -0.05) is 12.8 Å². The van der Waals surface area contributed by atoms with E-state index in [-0.39, 0.29) is 11.6 Å². The molecule has 1 atom stereocenters. The summed E-state index contributed by atoms with van der Waals surface area (Å²) in [5, 5.41) is 11.3. The highest BCUT2D eigenvalue weighted by Gasteiger charge is 2.35. The van der Waals surface area contributed by atoms with Crippen LogP contribution in [0.2, 0.25) is 0 Å². The minimum Gasteiger partial charge on any atom is -0.418 e. The summed E-state index contributed by atoms with van der Waals surface area (Å²) in [6.45, 7) is 0. The fourth-order valence-electron chi connectivity index (χ4n) is 3.44. The van der Waals surface area contributed by atoms with Crippen LogP contribution in [-0.4, -0.2) is 17.9 Å². The highest BCUT2D eigenvalue weighted by Crippen LogP contribution is 2.31. The van der Waals surface area contributed by atoms with Gasteiger partial charge in [0, 0.05) is 11.6 Å². The minimum atomic E-state index is -1.89. The Morgan fingerprint density at radius 1 is 1.00 bits per heavy atom. The molecular formula is C21H15F5N2O3. The zero-order chi connectivity index (χ0) is 22.7. The molecule has 0 heterocycles. The minimum absolute atomic E-state index is 0.0282. The molecule has 0 aliphatic heterocycles. The van der Waals surface area contributed by atoms with Crippen molar-refractivity contribution in [2.75, 3.05) is 0 Å². The van der Waals surface area contributed by atoms with Crippen molar-refractivity contribution in [3.05, 3.63) is 64.5 Å². The van der Waals surface area contributed by atoms with Gasteiger partial charge in [0.15, 0.2) is 11.6 Å². The van der Waals surface area contributed by atoms with Crippen LogP contribution in [0.5, 0.6) is 5.75 Å². The van der Waals surface area contributed by atoms with E-state index in [1.54, 1.807) is 6.07 Å². The molecule has 2 aromatic carbocycles. The van der Waals surface area contributed by atoms with Crippen LogP contribution in [-0.2, 0) is 4.79 Å². The van der Waals surface area contributed by atoms with E-state index in [9.17, 15) is 31.5 Å². The molecule has 1 unspecified atom stereocenters. The molecule has 1 aliphatic rings. The Labute approximate surface area is 173 Å². The first-order valence-electron chi connectivity index (χ1n) is 9.28. The first-order chi connectivity index (χ1) is 14.7. The quantitative estimate of drug-likeness (QED) is 0.329. The van der Waals surface area contributed by atoms with Crippen molar-refractivity contribution in [2.24, 2.45) is 5.92 Å². The maximum Gasteiger partial charge on any atom is 0.334 e. The topological polar surface area (TPSA) is 79.2 Å². The SMILES string of the molecule is N#Cc1cc(C(=O)NC(C(=O)Oc2c(F)c(F)cc(F)c2F)C2CCCC2)ccc1F. The largest absolute Gasteiger partial charge is 0.418 e. The predicted molar refractivity (Wildman–Crippen MR) is 96.2 cm³/mol. The molecule has 0 spiro atoms. The molecule has 1 saturated carbocycles. The van der Waals surface area contributed by atoms with Gasteiger partial charge in [-0.2, -0.15) is 14.0 Å². The Hall–Kier alpha value is -3.48. The smallest absolute Gasteiger partial charge is 0.334 e. The van der Waals surface area contributed by atoms with Crippen molar-refractivity contribution >= 4 is 11.9 Å². The number of carbonyl (C=O) groups excluding carboxylic acids is 2. The number of rotatable bonds is 5. The van der Waals surface area contributed by atoms with Gasteiger partial charge in [0.2, 0.25) is 17.4 Å². The Morgan fingerprint density at radius 2 is 1.61 bits per heavy atom. The number of esters is 1. The third kappa shape index (κ3) is 4.66. The Balaban J connectivity index is 1.87. The fourth-order valence-corrected chi connectivity index (χ4v) is 3.44. The second-order valence-electron chi connectivity index (χ2n) is 7.02. The Kier molecular flexibility index (Phi) is 6.53. The molecule has 31 heavy (non-hydrogen) atoms. The van der Waals surface area contributed by atoms with Crippen LogP contribution in [0.3, 0.4) is 0 Å². The molecule has 10 heteroatoms. The molecule has 2 aromatic rings. The summed E-state index contributed by atoms with van der Waals surface area (Å²) in [6, 6.07) is 3.12. The van der Waals surface area contributed by atoms with Gasteiger partial charge in [-0.25, -0.2) is 18.0 Å². The van der Waals surface area contributed by atoms with Crippen LogP contribution < -0.4 is 10.1 Å². The lowest BCUT2D eigenvalue weighted by Crippen LogP contribution is -2.47. The molecule has 1 fully saturated rings. The van der Waals surface area contributed by atoms with E-state index in [1.165, 1.54) is 0 Å². The number of nitriles is 1. The molecule has 3 rings (SSSR count). The summed E-state index contributed by atoms with van der Waals surface area (Å²) < 4.78 is 72.7. The van der Waals surface area contributed by atoms with Gasteiger partial charge in [0.1, 0.15) is 17.9 Å². The number of hydrogen-bond acceptors (Lipinski definition) is 4. The van der Waals surface area contributed by atoms with Gasteiger partial charge in [-0.15, -0.1) is 0 Å². The van der Waals surface area contributed by atoms with Crippen LogP contribution in [0, 0.1) is 46.3 Å². The van der Waals surface area contributed by atoms with E-state index in [2.05, 4.69) is 10.1 Å². The molecule has 1 aliphatic carbocycles. The number of halogens is 5. The number of benzene rings is 2. The van der Waals surface area contributed by atoms with Crippen LogP contribution in [0.25, 0.3) is 0 Å². The van der Waals surface area contributed by atoms with Crippen molar-refractivity contribution in [1.29, 1.82) is 5.26 Å². The maximum atomic E-state index is 13.9. The van der Waals surface area contributed by atoms with Crippen LogP contribution in [0.4, 0.5) is 22.0 Å².